The quantitative estimate of drug-likeness (QED) is 0.470. The molecule has 0 aromatic heterocycles. The van der Waals surface area contributed by atoms with Crippen molar-refractivity contribution < 1.29 is 9.53 Å². The summed E-state index contributed by atoms with van der Waals surface area (Å²) in [5.74, 6) is 2.95. The van der Waals surface area contributed by atoms with Crippen molar-refractivity contribution in [1.82, 2.24) is 0 Å². The van der Waals surface area contributed by atoms with Crippen LogP contribution in [0.15, 0.2) is 12.2 Å². The molecular weight excluding hydrogens is 176 g/mol. The van der Waals surface area contributed by atoms with Gasteiger partial charge in [0.05, 0.1) is 0 Å². The number of rotatable bonds is 1. The van der Waals surface area contributed by atoms with Crippen molar-refractivity contribution in [3.8, 4) is 0 Å². The second-order valence-corrected chi connectivity index (χ2v) is 4.95. The van der Waals surface area contributed by atoms with Gasteiger partial charge in [-0.05, 0) is 42.9 Å². The molecule has 0 aromatic rings. The van der Waals surface area contributed by atoms with Crippen molar-refractivity contribution in [2.45, 2.75) is 32.3 Å². The van der Waals surface area contributed by atoms with Crippen LogP contribution in [0.4, 0.5) is 0 Å². The molecule has 2 heteroatoms. The van der Waals surface area contributed by atoms with E-state index in [1.54, 1.807) is 0 Å². The zero-order chi connectivity index (χ0) is 9.71. The lowest BCUT2D eigenvalue weighted by molar-refractivity contribution is -0.150. The Morgan fingerprint density at radius 3 is 3.00 bits per heavy atom. The fourth-order valence-corrected chi connectivity index (χ4v) is 3.84. The lowest BCUT2D eigenvalue weighted by Gasteiger charge is -2.30. The van der Waals surface area contributed by atoms with Crippen molar-refractivity contribution in [3.05, 3.63) is 12.2 Å². The van der Waals surface area contributed by atoms with E-state index in [0.717, 1.165) is 24.2 Å². The van der Waals surface area contributed by atoms with Gasteiger partial charge < -0.3 is 4.74 Å². The van der Waals surface area contributed by atoms with Crippen molar-refractivity contribution in [2.24, 2.45) is 23.7 Å². The van der Waals surface area contributed by atoms with Gasteiger partial charge in [-0.25, -0.2) is 0 Å². The minimum absolute atomic E-state index is 0.106. The zero-order valence-electron chi connectivity index (χ0n) is 8.48. The van der Waals surface area contributed by atoms with Gasteiger partial charge in [0.25, 0.3) is 0 Å². The van der Waals surface area contributed by atoms with Crippen molar-refractivity contribution in [2.75, 3.05) is 0 Å². The molecule has 76 valence electrons. The Hall–Kier alpha value is -0.790. The van der Waals surface area contributed by atoms with Gasteiger partial charge in [-0.1, -0.05) is 12.2 Å². The first-order valence-corrected chi connectivity index (χ1v) is 5.59. The Morgan fingerprint density at radius 2 is 2.21 bits per heavy atom. The topological polar surface area (TPSA) is 26.3 Å². The van der Waals surface area contributed by atoms with Gasteiger partial charge in [0.1, 0.15) is 6.10 Å². The molecule has 0 saturated heterocycles. The maximum absolute atomic E-state index is 10.9. The molecule has 2 bridgehead atoms. The number of allylic oxidation sites excluding steroid dienone is 2. The summed E-state index contributed by atoms with van der Waals surface area (Å²) in [6, 6.07) is 0. The number of hydrogen-bond donors (Lipinski definition) is 0. The molecule has 2 nitrogen and oxygen atoms in total. The van der Waals surface area contributed by atoms with Crippen LogP contribution < -0.4 is 0 Å². The van der Waals surface area contributed by atoms with Crippen LogP contribution in [0.2, 0.25) is 0 Å². The predicted octanol–water partition coefficient (Wildman–Crippen LogP) is 2.15. The largest absolute Gasteiger partial charge is 0.462 e. The predicted molar refractivity (Wildman–Crippen MR) is 52.5 cm³/mol. The number of carbonyl (C=O) groups excluding carboxylic acids is 1. The van der Waals surface area contributed by atoms with E-state index in [2.05, 4.69) is 12.2 Å². The average molecular weight is 192 g/mol. The summed E-state index contributed by atoms with van der Waals surface area (Å²) in [6.07, 6.45) is 8.54. The Morgan fingerprint density at radius 1 is 1.36 bits per heavy atom. The van der Waals surface area contributed by atoms with E-state index < -0.39 is 0 Å². The average Bonchev–Trinajstić information content (AvgIpc) is 2.68. The molecule has 14 heavy (non-hydrogen) atoms. The molecule has 2 fully saturated rings. The van der Waals surface area contributed by atoms with Gasteiger partial charge in [0.15, 0.2) is 0 Å². The first kappa shape index (κ1) is 8.51. The van der Waals surface area contributed by atoms with Gasteiger partial charge in [0.2, 0.25) is 0 Å². The molecule has 5 atom stereocenters. The number of carbonyl (C=O) groups is 1. The molecule has 3 rings (SSSR count). The Kier molecular flexibility index (Phi) is 1.73. The normalized spacial score (nSPS) is 48.2. The van der Waals surface area contributed by atoms with Crippen LogP contribution in [-0.2, 0) is 9.53 Å². The SMILES string of the molecule is CC(=O)O[C@H]1C[C@H]2C[C@@H]1[C@H]1CC=C[C@H]21. The number of ether oxygens (including phenoxy) is 1. The second kappa shape index (κ2) is 2.85. The summed E-state index contributed by atoms with van der Waals surface area (Å²) >= 11 is 0. The van der Waals surface area contributed by atoms with Gasteiger partial charge in [-0.2, -0.15) is 0 Å². The van der Waals surface area contributed by atoms with Crippen LogP contribution in [0.1, 0.15) is 26.2 Å². The van der Waals surface area contributed by atoms with Crippen LogP contribution in [-0.4, -0.2) is 12.1 Å². The highest BCUT2D eigenvalue weighted by atomic mass is 16.5. The fraction of sp³-hybridized carbons (Fsp3) is 0.750. The molecule has 0 spiro atoms. The van der Waals surface area contributed by atoms with Crippen LogP contribution in [0.25, 0.3) is 0 Å². The molecule has 0 radical (unpaired) electrons. The van der Waals surface area contributed by atoms with Crippen LogP contribution >= 0.6 is 0 Å². The minimum Gasteiger partial charge on any atom is -0.462 e. The third-order valence-electron chi connectivity index (χ3n) is 4.26. The molecule has 3 aliphatic carbocycles. The molecule has 2 saturated carbocycles. The molecule has 0 aromatic carbocycles. The van der Waals surface area contributed by atoms with Gasteiger partial charge in [0, 0.05) is 6.92 Å². The van der Waals surface area contributed by atoms with Crippen molar-refractivity contribution in [3.63, 3.8) is 0 Å². The molecular formula is C12H16O2. The lowest BCUT2D eigenvalue weighted by atomic mass is 9.80. The summed E-state index contributed by atoms with van der Waals surface area (Å²) in [6.45, 7) is 1.52. The maximum atomic E-state index is 10.9. The van der Waals surface area contributed by atoms with E-state index in [-0.39, 0.29) is 12.1 Å². The summed E-state index contributed by atoms with van der Waals surface area (Å²) in [4.78, 5) is 10.9. The van der Waals surface area contributed by atoms with E-state index in [1.165, 1.54) is 19.8 Å². The first-order valence-electron chi connectivity index (χ1n) is 5.59. The highest BCUT2D eigenvalue weighted by Crippen LogP contribution is 2.57. The van der Waals surface area contributed by atoms with Gasteiger partial charge >= 0.3 is 5.97 Å². The Balaban J connectivity index is 1.75. The number of esters is 1. The minimum atomic E-state index is -0.106. The smallest absolute Gasteiger partial charge is 0.302 e. The monoisotopic (exact) mass is 192 g/mol. The molecule has 0 amide bonds. The highest BCUT2D eigenvalue weighted by molar-refractivity contribution is 5.66. The van der Waals surface area contributed by atoms with E-state index in [9.17, 15) is 4.79 Å². The molecule has 0 heterocycles. The van der Waals surface area contributed by atoms with Gasteiger partial charge in [-0.3, -0.25) is 4.79 Å². The van der Waals surface area contributed by atoms with E-state index in [4.69, 9.17) is 4.74 Å². The van der Waals surface area contributed by atoms with Crippen molar-refractivity contribution in [1.29, 1.82) is 0 Å². The summed E-state index contributed by atoms with van der Waals surface area (Å²) in [5.41, 5.74) is 0. The van der Waals surface area contributed by atoms with E-state index >= 15 is 0 Å². The maximum Gasteiger partial charge on any atom is 0.302 e. The lowest BCUT2D eigenvalue weighted by Crippen LogP contribution is -2.31. The zero-order valence-corrected chi connectivity index (χ0v) is 8.48. The third kappa shape index (κ3) is 1.06. The van der Waals surface area contributed by atoms with Crippen LogP contribution in [0.5, 0.6) is 0 Å². The number of fused-ring (bicyclic) bond motifs is 5. The molecule has 0 aliphatic heterocycles. The molecule has 0 unspecified atom stereocenters. The summed E-state index contributed by atoms with van der Waals surface area (Å²) < 4.78 is 5.39. The Labute approximate surface area is 84.3 Å². The first-order chi connectivity index (χ1) is 6.75. The Bertz CT molecular complexity index is 295. The van der Waals surface area contributed by atoms with Crippen LogP contribution in [0, 0.1) is 23.7 Å². The molecule has 3 aliphatic rings. The number of hydrogen-bond acceptors (Lipinski definition) is 2. The van der Waals surface area contributed by atoms with Gasteiger partial charge in [-0.15, -0.1) is 0 Å². The fourth-order valence-electron chi connectivity index (χ4n) is 3.84. The standard InChI is InChI=1S/C12H16O2/c1-7(13)14-12-6-8-5-11(12)10-4-2-3-9(8)10/h2-3,8-12H,4-6H2,1H3/t8-,9-,10+,11-,12+/m1/s1. The third-order valence-corrected chi connectivity index (χ3v) is 4.26. The van der Waals surface area contributed by atoms with E-state index in [1.807, 2.05) is 0 Å². The summed E-state index contributed by atoms with van der Waals surface area (Å²) in [5, 5.41) is 0. The summed E-state index contributed by atoms with van der Waals surface area (Å²) in [7, 11) is 0. The van der Waals surface area contributed by atoms with Crippen LogP contribution in [0.3, 0.4) is 0 Å². The van der Waals surface area contributed by atoms with E-state index in [0.29, 0.717) is 5.92 Å². The molecule has 0 N–H and O–H groups in total. The highest BCUT2D eigenvalue weighted by Gasteiger charge is 2.53. The van der Waals surface area contributed by atoms with Crippen molar-refractivity contribution >= 4 is 5.97 Å². The second-order valence-electron chi connectivity index (χ2n) is 4.95.